The zero-order valence-corrected chi connectivity index (χ0v) is 36.5. The summed E-state index contributed by atoms with van der Waals surface area (Å²) in [5.41, 5.74) is 8.22. The zero-order chi connectivity index (χ0) is 44.1. The first-order valence-electron chi connectivity index (χ1n) is 21.4. The van der Waals surface area contributed by atoms with Gasteiger partial charge in [0, 0.05) is 61.3 Å². The van der Waals surface area contributed by atoms with Crippen LogP contribution in [0.2, 0.25) is 0 Å². The first-order valence-corrected chi connectivity index (χ1v) is 23.4. The molecule has 3 fully saturated rings. The lowest BCUT2D eigenvalue weighted by atomic mass is 9.91. The Kier molecular flexibility index (Phi) is 9.80. The van der Waals surface area contributed by atoms with Gasteiger partial charge in [0.1, 0.15) is 23.5 Å². The van der Waals surface area contributed by atoms with E-state index in [0.29, 0.717) is 89.4 Å². The van der Waals surface area contributed by atoms with Crippen molar-refractivity contribution in [1.29, 1.82) is 0 Å². The van der Waals surface area contributed by atoms with Gasteiger partial charge in [-0.3, -0.25) is 19.2 Å². The Bertz CT molecular complexity index is 2990. The van der Waals surface area contributed by atoms with E-state index in [1.165, 1.54) is 21.0 Å². The lowest BCUT2D eigenvalue weighted by Gasteiger charge is -2.35. The predicted molar refractivity (Wildman–Crippen MR) is 233 cm³/mol. The molecule has 1 aliphatic carbocycles. The number of hydrogen-bond acceptors (Lipinski definition) is 9. The van der Waals surface area contributed by atoms with Crippen molar-refractivity contribution in [2.24, 2.45) is 5.92 Å². The van der Waals surface area contributed by atoms with Crippen LogP contribution in [0.1, 0.15) is 89.1 Å². The summed E-state index contributed by atoms with van der Waals surface area (Å²) in [5, 5.41) is 8.93. The van der Waals surface area contributed by atoms with E-state index >= 15 is 9.18 Å². The van der Waals surface area contributed by atoms with Crippen molar-refractivity contribution in [3.8, 4) is 17.2 Å². The van der Waals surface area contributed by atoms with Crippen LogP contribution in [0.5, 0.6) is 0 Å². The maximum absolute atomic E-state index is 15.4. The molecule has 0 spiro atoms. The van der Waals surface area contributed by atoms with E-state index in [2.05, 4.69) is 40.5 Å². The van der Waals surface area contributed by atoms with Gasteiger partial charge in [0.2, 0.25) is 0 Å². The second-order valence-electron chi connectivity index (χ2n) is 17.7. The predicted octanol–water partition coefficient (Wildman–Crippen LogP) is 6.03. The van der Waals surface area contributed by atoms with Gasteiger partial charge in [-0.2, -0.15) is 5.10 Å². The van der Waals surface area contributed by atoms with E-state index in [1.807, 2.05) is 17.9 Å². The number of halogens is 1. The number of amides is 2. The maximum atomic E-state index is 15.4. The van der Waals surface area contributed by atoms with E-state index in [9.17, 15) is 18.0 Å². The van der Waals surface area contributed by atoms with Gasteiger partial charge in [-0.15, -0.1) is 5.48 Å². The highest BCUT2D eigenvalue weighted by molar-refractivity contribution is 7.89. The van der Waals surface area contributed by atoms with E-state index in [1.54, 1.807) is 67.3 Å². The molecule has 1 saturated carbocycles. The Morgan fingerprint density at radius 2 is 1.65 bits per heavy atom. The molecule has 2 amide bonds. The van der Waals surface area contributed by atoms with Crippen molar-refractivity contribution < 1.29 is 32.0 Å². The Morgan fingerprint density at radius 3 is 2.30 bits per heavy atom. The first kappa shape index (κ1) is 41.0. The van der Waals surface area contributed by atoms with E-state index in [-0.39, 0.29) is 23.4 Å². The summed E-state index contributed by atoms with van der Waals surface area (Å²) in [6.07, 6.45) is 6.20. The van der Waals surface area contributed by atoms with Gasteiger partial charge in [-0.05, 0) is 117 Å². The Balaban J connectivity index is 1.09. The molecule has 0 bridgehead atoms. The van der Waals surface area contributed by atoms with Crippen molar-refractivity contribution in [2.75, 3.05) is 26.0 Å². The fourth-order valence-corrected chi connectivity index (χ4v) is 11.0. The number of nitrogens with zero attached hydrogens (tertiary/aromatic N) is 6. The number of benzene rings is 3. The molecule has 0 radical (unpaired) electrons. The van der Waals surface area contributed by atoms with E-state index in [0.717, 1.165) is 23.7 Å². The van der Waals surface area contributed by atoms with Gasteiger partial charge in [0.15, 0.2) is 9.84 Å². The molecular weight excluding hydrogens is 828 g/mol. The molecule has 328 valence electrons. The summed E-state index contributed by atoms with van der Waals surface area (Å²) in [6.45, 7) is 9.15. The maximum Gasteiger partial charge on any atom is 0.427 e. The van der Waals surface area contributed by atoms with Crippen LogP contribution < -0.4 is 16.5 Å². The fourth-order valence-electron chi connectivity index (χ4n) is 10.2. The van der Waals surface area contributed by atoms with Crippen molar-refractivity contribution >= 4 is 32.7 Å². The average molecular weight is 877 g/mol. The molecule has 2 saturated heterocycles. The highest BCUT2D eigenvalue weighted by atomic mass is 32.2. The summed E-state index contributed by atoms with van der Waals surface area (Å²) >= 11 is 0. The van der Waals surface area contributed by atoms with Crippen LogP contribution in [-0.4, -0.2) is 81.0 Å². The van der Waals surface area contributed by atoms with Gasteiger partial charge < -0.3 is 19.0 Å². The molecule has 17 heteroatoms. The van der Waals surface area contributed by atoms with Crippen LogP contribution in [0.4, 0.5) is 9.18 Å². The van der Waals surface area contributed by atoms with E-state index < -0.39 is 39.4 Å². The molecule has 2 N–H and O–H groups in total. The molecule has 63 heavy (non-hydrogen) atoms. The number of hydroxylamine groups is 1. The topological polar surface area (TPSA) is 164 Å². The Morgan fingerprint density at radius 1 is 0.952 bits per heavy atom. The highest BCUT2D eigenvalue weighted by Gasteiger charge is 2.62. The molecule has 4 unspecified atom stereocenters. The second kappa shape index (κ2) is 15.1. The lowest BCUT2D eigenvalue weighted by Crippen LogP contribution is -2.49. The minimum absolute atomic E-state index is 0.0824. The molecule has 6 aromatic rings. The molecule has 4 atom stereocenters. The van der Waals surface area contributed by atoms with E-state index in [4.69, 9.17) is 14.7 Å². The highest BCUT2D eigenvalue weighted by Crippen LogP contribution is 2.55. The number of carbonyl (C=O) groups is 2. The molecular formula is C46H49FN8O7S. The van der Waals surface area contributed by atoms with Gasteiger partial charge in [-0.1, -0.05) is 25.1 Å². The van der Waals surface area contributed by atoms with Crippen LogP contribution in [0.15, 0.2) is 77.9 Å². The van der Waals surface area contributed by atoms with Crippen molar-refractivity contribution in [3.05, 3.63) is 129 Å². The summed E-state index contributed by atoms with van der Waals surface area (Å²) in [7, 11) is -3.26. The number of imidazole rings is 1. The van der Waals surface area contributed by atoms with Crippen molar-refractivity contribution in [1.82, 2.24) is 39.2 Å². The average Bonchev–Trinajstić information content (AvgIpc) is 3.75. The Hall–Kier alpha value is -6.04. The van der Waals surface area contributed by atoms with Crippen LogP contribution in [0.3, 0.4) is 0 Å². The third-order valence-corrected chi connectivity index (χ3v) is 14.4. The molecule has 4 aliphatic rings. The van der Waals surface area contributed by atoms with Crippen LogP contribution in [-0.2, 0) is 37.1 Å². The normalized spacial score (nSPS) is 22.6. The molecule has 3 aromatic carbocycles. The van der Waals surface area contributed by atoms with Gasteiger partial charge >= 0.3 is 11.8 Å². The number of ether oxygens (including phenoxy) is 1. The lowest BCUT2D eigenvalue weighted by molar-refractivity contribution is 0.0653. The number of hydrogen-bond donors (Lipinski definition) is 2. The monoisotopic (exact) mass is 876 g/mol. The fraction of sp³-hybridized carbons (Fsp3) is 0.391. The second-order valence-corrected chi connectivity index (χ2v) is 19.9. The molecule has 6 heterocycles. The van der Waals surface area contributed by atoms with Gasteiger partial charge in [0.05, 0.1) is 34.4 Å². The minimum atomic E-state index is -3.26. The molecule has 10 rings (SSSR count). The Labute approximate surface area is 363 Å². The summed E-state index contributed by atoms with van der Waals surface area (Å²) in [5.74, 6) is 0.165. The van der Waals surface area contributed by atoms with Gasteiger partial charge in [0.25, 0.3) is 5.91 Å². The standard InChI is InChI=1S/C46H49FN8O7S/c1-26-20-35(21-27(2)40(26)47)55-41(53-17-16-52(45(53)58)34-9-6-30(7-10-34)25-63(5,59)60)39-29(4)51(15-12-36(39)49-55)42(56)38-23-33-22-32(31-13-18-61-19-14-31)8-11-37(33)54(38)46(24-28(46)3)43-48-44(57)62-50-43/h6-11,16-17,20-23,28-29,31,43,50H,12-15,18-19,24-25H2,1-5H3,(H,48,57). The summed E-state index contributed by atoms with van der Waals surface area (Å²) in [4.78, 5) is 49.4. The number of fused-ring (bicyclic) bond motifs is 2. The molecule has 15 nitrogen and oxygen atoms in total. The SMILES string of the molecule is Cc1cc(-n2nc3c(c2-n2ccn(-c4ccc(CS(C)(=O)=O)cc4)c2=O)C(C)N(C(=O)c2cc4cc(C5CCOCC5)ccc4n2C2(C4NOC(=O)N4)CC2C)CC3)cc(C)c1F. The zero-order valence-electron chi connectivity index (χ0n) is 35.7. The largest absolute Gasteiger partial charge is 0.427 e. The summed E-state index contributed by atoms with van der Waals surface area (Å²) in [6, 6.07) is 18.0. The number of aryl methyl sites for hydroxylation is 2. The summed E-state index contributed by atoms with van der Waals surface area (Å²) < 4.78 is 51.4. The van der Waals surface area contributed by atoms with Crippen molar-refractivity contribution in [3.63, 3.8) is 0 Å². The van der Waals surface area contributed by atoms with Crippen LogP contribution in [0, 0.1) is 25.6 Å². The van der Waals surface area contributed by atoms with Gasteiger partial charge in [-0.25, -0.2) is 27.1 Å². The van der Waals surface area contributed by atoms with Crippen LogP contribution >= 0.6 is 0 Å². The number of aromatic nitrogens is 5. The minimum Gasteiger partial charge on any atom is -0.381 e. The van der Waals surface area contributed by atoms with Crippen molar-refractivity contribution in [2.45, 2.75) is 82.8 Å². The number of rotatable bonds is 9. The van der Waals surface area contributed by atoms with Crippen LogP contribution in [0.25, 0.3) is 28.1 Å². The third-order valence-electron chi connectivity index (χ3n) is 13.5. The number of sulfone groups is 1. The molecule has 3 aliphatic heterocycles. The quantitative estimate of drug-likeness (QED) is 0.177. The smallest absolute Gasteiger partial charge is 0.381 e. The first-order chi connectivity index (χ1) is 30.1. The number of nitrogens with one attached hydrogen (secondary N) is 2. The molecule has 3 aromatic heterocycles. The number of carbonyl (C=O) groups excluding carboxylic acids is 2. The third kappa shape index (κ3) is 6.87.